The van der Waals surface area contributed by atoms with Crippen LogP contribution in [0.25, 0.3) is 21.5 Å². The minimum absolute atomic E-state index is 0.0335. The maximum atomic E-state index is 12.9. The number of hydrogen-bond donors (Lipinski definition) is 0. The van der Waals surface area contributed by atoms with Crippen LogP contribution in [-0.4, -0.2) is 41.8 Å². The molecule has 0 aliphatic heterocycles. The van der Waals surface area contributed by atoms with Gasteiger partial charge in [0.1, 0.15) is 22.8 Å². The minimum atomic E-state index is -0.225. The molecule has 0 fully saturated rings. The predicted octanol–water partition coefficient (Wildman–Crippen LogP) is 6.01. The summed E-state index contributed by atoms with van der Waals surface area (Å²) >= 11 is 1.37. The summed E-state index contributed by atoms with van der Waals surface area (Å²) in [4.78, 5) is 30.3. The van der Waals surface area contributed by atoms with Gasteiger partial charge in [0.15, 0.2) is 23.1 Å². The normalized spacial score (nSPS) is 10.8. The Bertz CT molecular complexity index is 1360. The number of rotatable bonds is 11. The number of nitrogens with zero attached hydrogens (tertiary/aromatic N) is 2. The molecular weight excluding hydrogens is 464 g/mol. The third-order valence-electron chi connectivity index (χ3n) is 5.49. The van der Waals surface area contributed by atoms with Crippen molar-refractivity contribution in [3.05, 3.63) is 65.9 Å². The molecule has 0 unspecified atom stereocenters. The molecule has 0 spiro atoms. The highest BCUT2D eigenvalue weighted by Crippen LogP contribution is 2.35. The quantitative estimate of drug-likeness (QED) is 0.238. The number of hydrogen-bond acceptors (Lipinski definition) is 8. The summed E-state index contributed by atoms with van der Waals surface area (Å²) in [6, 6.07) is 16.2. The average Bonchev–Trinajstić information content (AvgIpc) is 3.33. The number of ether oxygens (including phenoxy) is 3. The van der Waals surface area contributed by atoms with Crippen LogP contribution in [0.15, 0.2) is 54.6 Å². The van der Waals surface area contributed by atoms with Gasteiger partial charge in [0.2, 0.25) is 0 Å². The highest BCUT2D eigenvalue weighted by molar-refractivity contribution is 7.13. The van der Waals surface area contributed by atoms with Crippen molar-refractivity contribution in [1.82, 2.24) is 9.36 Å². The molecule has 7 nitrogen and oxygen atoms in total. The van der Waals surface area contributed by atoms with Crippen LogP contribution >= 0.6 is 11.5 Å². The van der Waals surface area contributed by atoms with Gasteiger partial charge >= 0.3 is 0 Å². The Kier molecular flexibility index (Phi) is 7.72. The third kappa shape index (κ3) is 5.33. The Labute approximate surface area is 207 Å². The maximum Gasteiger partial charge on any atom is 0.181 e. The first-order valence-corrected chi connectivity index (χ1v) is 12.1. The van der Waals surface area contributed by atoms with Gasteiger partial charge in [0.25, 0.3) is 0 Å². The fourth-order valence-corrected chi connectivity index (χ4v) is 4.44. The van der Waals surface area contributed by atoms with Crippen LogP contribution in [0, 0.1) is 0 Å². The fraction of sp³-hybridized carbons (Fsp3) is 0.259. The molecule has 2 heterocycles. The maximum absolute atomic E-state index is 12.9. The molecule has 2 aromatic heterocycles. The van der Waals surface area contributed by atoms with Gasteiger partial charge in [0.05, 0.1) is 25.5 Å². The highest BCUT2D eigenvalue weighted by Gasteiger charge is 2.19. The molecule has 8 heteroatoms. The Hall–Kier alpha value is -3.78. The molecule has 2 aromatic carbocycles. The van der Waals surface area contributed by atoms with E-state index in [-0.39, 0.29) is 30.1 Å². The predicted molar refractivity (Wildman–Crippen MR) is 136 cm³/mol. The zero-order chi connectivity index (χ0) is 24.8. The van der Waals surface area contributed by atoms with Gasteiger partial charge in [-0.15, -0.1) is 0 Å². The summed E-state index contributed by atoms with van der Waals surface area (Å²) < 4.78 is 22.0. The van der Waals surface area contributed by atoms with Gasteiger partial charge in [-0.05, 0) is 54.4 Å². The molecule has 0 amide bonds. The largest absolute Gasteiger partial charge is 0.494 e. The van der Waals surface area contributed by atoms with E-state index >= 15 is 0 Å². The molecule has 0 saturated heterocycles. The molecule has 180 valence electrons. The van der Waals surface area contributed by atoms with Crippen LogP contribution in [0.3, 0.4) is 0 Å². The molecule has 0 aliphatic carbocycles. The van der Waals surface area contributed by atoms with E-state index in [0.717, 1.165) is 16.5 Å². The van der Waals surface area contributed by atoms with Gasteiger partial charge in [0, 0.05) is 23.8 Å². The van der Waals surface area contributed by atoms with Crippen LogP contribution < -0.4 is 14.2 Å². The van der Waals surface area contributed by atoms with Crippen molar-refractivity contribution in [3.63, 3.8) is 0 Å². The Morgan fingerprint density at radius 3 is 2.37 bits per heavy atom. The van der Waals surface area contributed by atoms with Gasteiger partial charge < -0.3 is 14.2 Å². The van der Waals surface area contributed by atoms with Gasteiger partial charge in [-0.3, -0.25) is 9.59 Å². The van der Waals surface area contributed by atoms with Crippen molar-refractivity contribution in [3.8, 4) is 28.6 Å². The molecular formula is C27H26N2O5S. The first-order valence-electron chi connectivity index (χ1n) is 11.3. The zero-order valence-electron chi connectivity index (χ0n) is 19.9. The molecule has 0 N–H and O–H groups in total. The summed E-state index contributed by atoms with van der Waals surface area (Å²) in [5.74, 6) is 1.24. The summed E-state index contributed by atoms with van der Waals surface area (Å²) in [6.45, 7) is 2.58. The number of fused-ring (bicyclic) bond motifs is 1. The van der Waals surface area contributed by atoms with Crippen molar-refractivity contribution in [2.24, 2.45) is 0 Å². The number of carbonyl (C=O) groups excluding carboxylic acids is 2. The van der Waals surface area contributed by atoms with E-state index in [2.05, 4.69) is 9.36 Å². The van der Waals surface area contributed by atoms with Crippen LogP contribution in [0.1, 0.15) is 47.0 Å². The molecule has 4 aromatic rings. The summed E-state index contributed by atoms with van der Waals surface area (Å²) in [5, 5.41) is 0.948. The average molecular weight is 491 g/mol. The SMILES string of the molecule is CCCOc1ccc(C(=O)CCC(=O)c2ccc(OC)c(-c3nsc4ccccc34)n2)cc1OC. The lowest BCUT2D eigenvalue weighted by molar-refractivity contribution is 0.0915. The van der Waals surface area contributed by atoms with Gasteiger partial charge in [-0.2, -0.15) is 4.37 Å². The van der Waals surface area contributed by atoms with Crippen molar-refractivity contribution in [2.45, 2.75) is 26.2 Å². The standard InChI is InChI=1S/C27H26N2O5S/c1-4-15-34-22-13-9-17(16-24(22)33-3)20(30)11-12-21(31)19-10-14-23(32-2)27(28-19)26-18-7-5-6-8-25(18)35-29-26/h5-10,13-14,16H,4,11-12,15H2,1-3H3. The minimum Gasteiger partial charge on any atom is -0.494 e. The molecule has 35 heavy (non-hydrogen) atoms. The van der Waals surface area contributed by atoms with Crippen LogP contribution in [0.4, 0.5) is 0 Å². The lowest BCUT2D eigenvalue weighted by Gasteiger charge is -2.11. The Morgan fingerprint density at radius 2 is 1.60 bits per heavy atom. The molecule has 0 radical (unpaired) electrons. The second kappa shape index (κ2) is 11.1. The monoisotopic (exact) mass is 490 g/mol. The summed E-state index contributed by atoms with van der Waals surface area (Å²) in [6.07, 6.45) is 0.956. The number of aromatic nitrogens is 2. The van der Waals surface area contributed by atoms with Gasteiger partial charge in [-0.25, -0.2) is 4.98 Å². The number of benzene rings is 2. The number of methoxy groups -OCH3 is 2. The first kappa shape index (κ1) is 24.3. The Balaban J connectivity index is 1.51. The van der Waals surface area contributed by atoms with Crippen molar-refractivity contribution < 1.29 is 23.8 Å². The second-order valence-corrected chi connectivity index (χ2v) is 8.64. The summed E-state index contributed by atoms with van der Waals surface area (Å²) in [5.41, 5.74) is 1.92. The molecule has 4 rings (SSSR count). The number of carbonyl (C=O) groups is 2. The first-order chi connectivity index (χ1) is 17.0. The van der Waals surface area contributed by atoms with E-state index in [4.69, 9.17) is 14.2 Å². The molecule has 0 aliphatic rings. The molecule has 0 saturated carbocycles. The number of Topliss-reactive ketones (excluding diaryl/α,β-unsaturated/α-hetero) is 2. The number of pyridine rings is 1. The van der Waals surface area contributed by atoms with Crippen LogP contribution in [0.2, 0.25) is 0 Å². The zero-order valence-corrected chi connectivity index (χ0v) is 20.7. The van der Waals surface area contributed by atoms with Gasteiger partial charge in [-0.1, -0.05) is 25.1 Å². The topological polar surface area (TPSA) is 87.6 Å². The second-order valence-electron chi connectivity index (χ2n) is 7.84. The third-order valence-corrected chi connectivity index (χ3v) is 6.32. The highest BCUT2D eigenvalue weighted by atomic mass is 32.1. The van der Waals surface area contributed by atoms with E-state index in [1.807, 2.05) is 31.2 Å². The van der Waals surface area contributed by atoms with E-state index in [1.165, 1.54) is 18.6 Å². The van der Waals surface area contributed by atoms with E-state index < -0.39 is 0 Å². The molecule has 0 bridgehead atoms. The lowest BCUT2D eigenvalue weighted by Crippen LogP contribution is -2.08. The number of ketones is 2. The van der Waals surface area contributed by atoms with Crippen molar-refractivity contribution in [2.75, 3.05) is 20.8 Å². The van der Waals surface area contributed by atoms with Crippen molar-refractivity contribution >= 4 is 33.2 Å². The molecule has 0 atom stereocenters. The van der Waals surface area contributed by atoms with Crippen LogP contribution in [0.5, 0.6) is 17.2 Å². The van der Waals surface area contributed by atoms with Crippen LogP contribution in [-0.2, 0) is 0 Å². The summed E-state index contributed by atoms with van der Waals surface area (Å²) in [7, 11) is 3.09. The van der Waals surface area contributed by atoms with E-state index in [1.54, 1.807) is 37.4 Å². The van der Waals surface area contributed by atoms with Crippen molar-refractivity contribution in [1.29, 1.82) is 0 Å². The smallest absolute Gasteiger partial charge is 0.181 e. The van der Waals surface area contributed by atoms with E-state index in [0.29, 0.717) is 40.8 Å². The Morgan fingerprint density at radius 1 is 0.857 bits per heavy atom. The fourth-order valence-electron chi connectivity index (χ4n) is 3.66. The van der Waals surface area contributed by atoms with E-state index in [9.17, 15) is 9.59 Å². The lowest BCUT2D eigenvalue weighted by atomic mass is 10.0.